The van der Waals surface area contributed by atoms with E-state index in [4.69, 9.17) is 5.73 Å². The first-order chi connectivity index (χ1) is 8.68. The molecular weight excluding hydrogens is 242 g/mol. The number of rotatable bonds is 1. The lowest BCUT2D eigenvalue weighted by Gasteiger charge is -2.03. The van der Waals surface area contributed by atoms with E-state index in [1.165, 1.54) is 11.8 Å². The van der Waals surface area contributed by atoms with Crippen molar-refractivity contribution in [3.8, 4) is 11.8 Å². The van der Waals surface area contributed by atoms with Gasteiger partial charge in [-0.1, -0.05) is 47.9 Å². The summed E-state index contributed by atoms with van der Waals surface area (Å²) in [6, 6.07) is 11.7. The molecule has 0 saturated carbocycles. The molecule has 90 valence electrons. The topological polar surface area (TPSA) is 43.1 Å². The average Bonchev–Trinajstić information content (AvgIpc) is 2.37. The van der Waals surface area contributed by atoms with Gasteiger partial charge in [0, 0.05) is 23.6 Å². The van der Waals surface area contributed by atoms with Gasteiger partial charge >= 0.3 is 0 Å². The zero-order valence-corrected chi connectivity index (χ0v) is 10.9. The number of thioether (sulfide) groups is 1. The summed E-state index contributed by atoms with van der Waals surface area (Å²) in [4.78, 5) is 10.8. The van der Waals surface area contributed by atoms with E-state index in [0.717, 1.165) is 22.0 Å². The molecule has 0 aliphatic heterocycles. The monoisotopic (exact) mass is 255 g/mol. The molecule has 0 aliphatic carbocycles. The minimum absolute atomic E-state index is 0.0893. The third-order valence-corrected chi connectivity index (χ3v) is 3.22. The Bertz CT molecular complexity index is 652. The lowest BCUT2D eigenvalue weighted by atomic mass is 10.0. The molecule has 2 N–H and O–H groups in total. The van der Waals surface area contributed by atoms with Gasteiger partial charge in [-0.25, -0.2) is 0 Å². The normalized spacial score (nSPS) is 9.83. The van der Waals surface area contributed by atoms with Gasteiger partial charge in [0.25, 0.3) is 0 Å². The molecule has 0 saturated heterocycles. The Morgan fingerprint density at radius 2 is 1.94 bits per heavy atom. The van der Waals surface area contributed by atoms with E-state index in [-0.39, 0.29) is 5.12 Å². The molecule has 0 heterocycles. The Morgan fingerprint density at radius 1 is 1.22 bits per heavy atom. The maximum Gasteiger partial charge on any atom is 0.186 e. The molecule has 0 atom stereocenters. The van der Waals surface area contributed by atoms with Crippen molar-refractivity contribution < 1.29 is 4.79 Å². The van der Waals surface area contributed by atoms with Gasteiger partial charge in [-0.15, -0.1) is 0 Å². The third kappa shape index (κ3) is 2.85. The van der Waals surface area contributed by atoms with Crippen molar-refractivity contribution in [1.29, 1.82) is 0 Å². The summed E-state index contributed by atoms with van der Waals surface area (Å²) in [5, 5.41) is 2.16. The van der Waals surface area contributed by atoms with Gasteiger partial charge in [0.1, 0.15) is 0 Å². The summed E-state index contributed by atoms with van der Waals surface area (Å²) >= 11 is 1.22. The van der Waals surface area contributed by atoms with Crippen LogP contribution in [0.1, 0.15) is 12.5 Å². The number of fused-ring (bicyclic) bond motifs is 1. The molecule has 3 heteroatoms. The SMILES string of the molecule is CC(=O)SCC#Cc1ccc(N)c2ccccc12. The van der Waals surface area contributed by atoms with Gasteiger partial charge in [0.05, 0.1) is 5.75 Å². The molecule has 0 bridgehead atoms. The Labute approximate surface area is 111 Å². The van der Waals surface area contributed by atoms with Crippen LogP contribution in [-0.4, -0.2) is 10.9 Å². The number of hydrogen-bond acceptors (Lipinski definition) is 3. The lowest BCUT2D eigenvalue weighted by molar-refractivity contribution is -0.109. The molecule has 18 heavy (non-hydrogen) atoms. The van der Waals surface area contributed by atoms with Crippen LogP contribution in [0.3, 0.4) is 0 Å². The van der Waals surface area contributed by atoms with Crippen LogP contribution < -0.4 is 5.73 Å². The predicted octanol–water partition coefficient (Wildman–Crippen LogP) is 3.05. The van der Waals surface area contributed by atoms with Crippen molar-refractivity contribution in [2.24, 2.45) is 0 Å². The Morgan fingerprint density at radius 3 is 2.67 bits per heavy atom. The fourth-order valence-corrected chi connectivity index (χ4v) is 2.05. The molecule has 0 fully saturated rings. The zero-order valence-electron chi connectivity index (χ0n) is 10.1. The van der Waals surface area contributed by atoms with Crippen LogP contribution in [0, 0.1) is 11.8 Å². The lowest BCUT2D eigenvalue weighted by Crippen LogP contribution is -1.89. The fourth-order valence-electron chi connectivity index (χ4n) is 1.70. The quantitative estimate of drug-likeness (QED) is 0.629. The van der Waals surface area contributed by atoms with Crippen LogP contribution >= 0.6 is 11.8 Å². The molecule has 0 radical (unpaired) electrons. The number of carbonyl (C=O) groups is 1. The van der Waals surface area contributed by atoms with Crippen molar-refractivity contribution in [2.75, 3.05) is 11.5 Å². The summed E-state index contributed by atoms with van der Waals surface area (Å²) in [6.07, 6.45) is 0. The van der Waals surface area contributed by atoms with E-state index >= 15 is 0 Å². The third-order valence-electron chi connectivity index (χ3n) is 2.53. The van der Waals surface area contributed by atoms with E-state index in [2.05, 4.69) is 11.8 Å². The second-order valence-electron chi connectivity index (χ2n) is 3.83. The number of nitrogens with two attached hydrogens (primary N) is 1. The van der Waals surface area contributed by atoms with Crippen LogP contribution in [-0.2, 0) is 4.79 Å². The summed E-state index contributed by atoms with van der Waals surface area (Å²) in [5.41, 5.74) is 7.63. The van der Waals surface area contributed by atoms with E-state index in [1.807, 2.05) is 36.4 Å². The van der Waals surface area contributed by atoms with Crippen LogP contribution in [0.2, 0.25) is 0 Å². The molecule has 0 aromatic heterocycles. The minimum Gasteiger partial charge on any atom is -0.398 e. The predicted molar refractivity (Wildman–Crippen MR) is 78.4 cm³/mol. The maximum atomic E-state index is 10.8. The number of anilines is 1. The van der Waals surface area contributed by atoms with Gasteiger partial charge in [0.15, 0.2) is 5.12 Å². The highest BCUT2D eigenvalue weighted by Crippen LogP contribution is 2.23. The van der Waals surface area contributed by atoms with Gasteiger partial charge in [-0.05, 0) is 17.5 Å². The summed E-state index contributed by atoms with van der Waals surface area (Å²) in [6.45, 7) is 1.55. The van der Waals surface area contributed by atoms with Gasteiger partial charge < -0.3 is 5.73 Å². The number of hydrogen-bond donors (Lipinski definition) is 1. The highest BCUT2D eigenvalue weighted by molar-refractivity contribution is 8.13. The molecule has 2 aromatic carbocycles. The minimum atomic E-state index is 0.0893. The fraction of sp³-hybridized carbons (Fsp3) is 0.133. The van der Waals surface area contributed by atoms with Crippen molar-refractivity contribution >= 4 is 33.3 Å². The second kappa shape index (κ2) is 5.61. The van der Waals surface area contributed by atoms with Crippen molar-refractivity contribution in [3.63, 3.8) is 0 Å². The molecule has 0 unspecified atom stereocenters. The van der Waals surface area contributed by atoms with Crippen molar-refractivity contribution in [3.05, 3.63) is 42.0 Å². The molecule has 2 aromatic rings. The molecule has 2 nitrogen and oxygen atoms in total. The second-order valence-corrected chi connectivity index (χ2v) is 4.98. The van der Waals surface area contributed by atoms with E-state index in [1.54, 1.807) is 6.92 Å². The highest BCUT2D eigenvalue weighted by Gasteiger charge is 2.00. The van der Waals surface area contributed by atoms with Crippen LogP contribution in [0.25, 0.3) is 10.8 Å². The Kier molecular flexibility index (Phi) is 3.91. The van der Waals surface area contributed by atoms with Gasteiger partial charge in [0.2, 0.25) is 0 Å². The molecule has 0 aliphatic rings. The first-order valence-electron chi connectivity index (χ1n) is 5.58. The largest absolute Gasteiger partial charge is 0.398 e. The Balaban J connectivity index is 2.34. The summed E-state index contributed by atoms with van der Waals surface area (Å²) in [5.74, 6) is 6.61. The number of carbonyl (C=O) groups excluding carboxylic acids is 1. The molecule has 0 spiro atoms. The van der Waals surface area contributed by atoms with Gasteiger partial charge in [-0.3, -0.25) is 4.79 Å². The molecule has 2 rings (SSSR count). The molecule has 0 amide bonds. The van der Waals surface area contributed by atoms with E-state index in [9.17, 15) is 4.79 Å². The summed E-state index contributed by atoms with van der Waals surface area (Å²) < 4.78 is 0. The van der Waals surface area contributed by atoms with Gasteiger partial charge in [-0.2, -0.15) is 0 Å². The highest BCUT2D eigenvalue weighted by atomic mass is 32.2. The van der Waals surface area contributed by atoms with Crippen LogP contribution in [0.5, 0.6) is 0 Å². The molecular formula is C15H13NOS. The average molecular weight is 255 g/mol. The van der Waals surface area contributed by atoms with Crippen LogP contribution in [0.4, 0.5) is 5.69 Å². The smallest absolute Gasteiger partial charge is 0.186 e. The van der Waals surface area contributed by atoms with Crippen LogP contribution in [0.15, 0.2) is 36.4 Å². The summed E-state index contributed by atoms with van der Waals surface area (Å²) in [7, 11) is 0. The van der Waals surface area contributed by atoms with Crippen molar-refractivity contribution in [1.82, 2.24) is 0 Å². The standard InChI is InChI=1S/C15H13NOS/c1-11(17)18-10-4-5-12-8-9-15(16)14-7-3-2-6-13(12)14/h2-3,6-9H,10,16H2,1H3. The van der Waals surface area contributed by atoms with Crippen molar-refractivity contribution in [2.45, 2.75) is 6.92 Å². The van der Waals surface area contributed by atoms with E-state index < -0.39 is 0 Å². The first kappa shape index (κ1) is 12.5. The number of nitrogen functional groups attached to an aromatic ring is 1. The van der Waals surface area contributed by atoms with E-state index in [0.29, 0.717) is 5.75 Å². The Hall–Kier alpha value is -1.92. The maximum absolute atomic E-state index is 10.8. The number of benzene rings is 2. The zero-order chi connectivity index (χ0) is 13.0. The first-order valence-corrected chi connectivity index (χ1v) is 6.56.